The van der Waals surface area contributed by atoms with Crippen molar-refractivity contribution >= 4 is 28.9 Å². The van der Waals surface area contributed by atoms with Crippen LogP contribution >= 0.6 is 11.6 Å². The summed E-state index contributed by atoms with van der Waals surface area (Å²) < 4.78 is 18.6. The third kappa shape index (κ3) is 2.83. The Morgan fingerprint density at radius 1 is 1.35 bits per heavy atom. The molecule has 0 atom stereocenters. The lowest BCUT2D eigenvalue weighted by Gasteiger charge is -2.10. The maximum Gasteiger partial charge on any atom is 0.260 e. The number of carbonyl (C=O) groups is 1. The van der Waals surface area contributed by atoms with E-state index in [-0.39, 0.29) is 10.6 Å². The number of amides is 1. The molecular formula is C14H12ClFN2O2. The molecule has 0 saturated heterocycles. The summed E-state index contributed by atoms with van der Waals surface area (Å²) in [6.45, 7) is 0. The predicted octanol–water partition coefficient (Wildman–Crippen LogP) is 3.32. The molecule has 3 N–H and O–H groups in total. The summed E-state index contributed by atoms with van der Waals surface area (Å²) in [6, 6.07) is 8.77. The van der Waals surface area contributed by atoms with Gasteiger partial charge in [0.05, 0.1) is 23.4 Å². The van der Waals surface area contributed by atoms with Crippen molar-refractivity contribution in [3.05, 3.63) is 52.8 Å². The van der Waals surface area contributed by atoms with E-state index in [2.05, 4.69) is 5.32 Å². The number of anilines is 2. The number of carbonyl (C=O) groups excluding carboxylic acids is 1. The maximum atomic E-state index is 13.6. The van der Waals surface area contributed by atoms with Crippen molar-refractivity contribution in [2.75, 3.05) is 18.2 Å². The first-order valence-electron chi connectivity index (χ1n) is 5.72. The SMILES string of the molecule is COc1ccc(NC(=O)c2c(F)cccc2Cl)cc1N. The Morgan fingerprint density at radius 3 is 2.70 bits per heavy atom. The Labute approximate surface area is 120 Å². The predicted molar refractivity (Wildman–Crippen MR) is 76.8 cm³/mol. The van der Waals surface area contributed by atoms with Gasteiger partial charge in [-0.1, -0.05) is 17.7 Å². The molecule has 0 unspecified atom stereocenters. The van der Waals surface area contributed by atoms with Crippen molar-refractivity contribution < 1.29 is 13.9 Å². The van der Waals surface area contributed by atoms with Gasteiger partial charge in [0.25, 0.3) is 5.91 Å². The van der Waals surface area contributed by atoms with E-state index >= 15 is 0 Å². The van der Waals surface area contributed by atoms with Gasteiger partial charge in [-0.05, 0) is 30.3 Å². The fourth-order valence-electron chi connectivity index (χ4n) is 1.72. The lowest BCUT2D eigenvalue weighted by atomic mass is 10.2. The largest absolute Gasteiger partial charge is 0.495 e. The van der Waals surface area contributed by atoms with E-state index in [1.807, 2.05) is 0 Å². The van der Waals surface area contributed by atoms with E-state index in [0.29, 0.717) is 17.1 Å². The molecule has 0 aliphatic heterocycles. The highest BCUT2D eigenvalue weighted by Crippen LogP contribution is 2.26. The number of ether oxygens (including phenoxy) is 1. The molecule has 4 nitrogen and oxygen atoms in total. The number of hydrogen-bond donors (Lipinski definition) is 2. The normalized spacial score (nSPS) is 10.2. The van der Waals surface area contributed by atoms with Crippen LogP contribution in [0.5, 0.6) is 5.75 Å². The number of benzene rings is 2. The molecule has 0 radical (unpaired) electrons. The third-order valence-electron chi connectivity index (χ3n) is 2.68. The molecule has 0 bridgehead atoms. The van der Waals surface area contributed by atoms with Crippen molar-refractivity contribution in [1.29, 1.82) is 0 Å². The fraction of sp³-hybridized carbons (Fsp3) is 0.0714. The van der Waals surface area contributed by atoms with Crippen molar-refractivity contribution in [3.8, 4) is 5.75 Å². The Bertz CT molecular complexity index is 641. The van der Waals surface area contributed by atoms with E-state index < -0.39 is 11.7 Å². The first-order chi connectivity index (χ1) is 9.52. The third-order valence-corrected chi connectivity index (χ3v) is 2.99. The number of hydrogen-bond acceptors (Lipinski definition) is 3. The van der Waals surface area contributed by atoms with Crippen molar-refractivity contribution in [2.24, 2.45) is 0 Å². The second kappa shape index (κ2) is 5.79. The van der Waals surface area contributed by atoms with E-state index in [1.165, 1.54) is 31.4 Å². The molecule has 104 valence electrons. The molecule has 0 aliphatic carbocycles. The molecule has 1 amide bonds. The molecule has 0 aromatic heterocycles. The van der Waals surface area contributed by atoms with Gasteiger partial charge < -0.3 is 15.8 Å². The summed E-state index contributed by atoms with van der Waals surface area (Å²) in [7, 11) is 1.49. The van der Waals surface area contributed by atoms with Crippen LogP contribution in [0.1, 0.15) is 10.4 Å². The summed E-state index contributed by atoms with van der Waals surface area (Å²) >= 11 is 5.82. The zero-order chi connectivity index (χ0) is 14.7. The van der Waals surface area contributed by atoms with Crippen LogP contribution in [-0.4, -0.2) is 13.0 Å². The minimum Gasteiger partial charge on any atom is -0.495 e. The van der Waals surface area contributed by atoms with Crippen LogP contribution in [0.3, 0.4) is 0 Å². The average Bonchev–Trinajstić information content (AvgIpc) is 2.38. The monoisotopic (exact) mass is 294 g/mol. The topological polar surface area (TPSA) is 64.3 Å². The Kier molecular flexibility index (Phi) is 4.10. The van der Waals surface area contributed by atoms with Crippen LogP contribution in [0, 0.1) is 5.82 Å². The van der Waals surface area contributed by atoms with E-state index in [9.17, 15) is 9.18 Å². The molecule has 0 fully saturated rings. The zero-order valence-electron chi connectivity index (χ0n) is 10.6. The highest BCUT2D eigenvalue weighted by molar-refractivity contribution is 6.34. The van der Waals surface area contributed by atoms with Crippen molar-refractivity contribution in [3.63, 3.8) is 0 Å². The summed E-state index contributed by atoms with van der Waals surface area (Å²) in [6.07, 6.45) is 0. The van der Waals surface area contributed by atoms with Gasteiger partial charge in [-0.15, -0.1) is 0 Å². The Hall–Kier alpha value is -2.27. The van der Waals surface area contributed by atoms with Crippen molar-refractivity contribution in [2.45, 2.75) is 0 Å². The average molecular weight is 295 g/mol. The molecule has 20 heavy (non-hydrogen) atoms. The summed E-state index contributed by atoms with van der Waals surface area (Å²) in [5.41, 5.74) is 6.31. The van der Waals surface area contributed by atoms with Crippen LogP contribution in [0.25, 0.3) is 0 Å². The number of nitrogen functional groups attached to an aromatic ring is 1. The first kappa shape index (κ1) is 14.1. The molecule has 2 rings (SSSR count). The van der Waals surface area contributed by atoms with E-state index in [4.69, 9.17) is 22.1 Å². The lowest BCUT2D eigenvalue weighted by molar-refractivity contribution is 0.102. The van der Waals surface area contributed by atoms with Gasteiger partial charge in [-0.2, -0.15) is 0 Å². The van der Waals surface area contributed by atoms with Crippen LogP contribution in [0.15, 0.2) is 36.4 Å². The first-order valence-corrected chi connectivity index (χ1v) is 6.09. The highest BCUT2D eigenvalue weighted by Gasteiger charge is 2.16. The van der Waals surface area contributed by atoms with Gasteiger partial charge in [-0.25, -0.2) is 4.39 Å². The van der Waals surface area contributed by atoms with Gasteiger partial charge in [-0.3, -0.25) is 4.79 Å². The minimum atomic E-state index is -0.684. The molecular weight excluding hydrogens is 283 g/mol. The van der Waals surface area contributed by atoms with Gasteiger partial charge in [0.2, 0.25) is 0 Å². The maximum absolute atomic E-state index is 13.6. The van der Waals surface area contributed by atoms with Gasteiger partial charge in [0, 0.05) is 5.69 Å². The highest BCUT2D eigenvalue weighted by atomic mass is 35.5. The minimum absolute atomic E-state index is 0.0454. The number of nitrogens with two attached hydrogens (primary N) is 1. The molecule has 2 aromatic rings. The fourth-order valence-corrected chi connectivity index (χ4v) is 1.97. The van der Waals surface area contributed by atoms with E-state index in [1.54, 1.807) is 12.1 Å². The number of methoxy groups -OCH3 is 1. The summed E-state index contributed by atoms with van der Waals surface area (Å²) in [4.78, 5) is 12.0. The smallest absolute Gasteiger partial charge is 0.260 e. The summed E-state index contributed by atoms with van der Waals surface area (Å²) in [5, 5.41) is 2.58. The van der Waals surface area contributed by atoms with Gasteiger partial charge in [0.15, 0.2) is 0 Å². The number of rotatable bonds is 3. The Morgan fingerprint density at radius 2 is 2.10 bits per heavy atom. The van der Waals surface area contributed by atoms with Gasteiger partial charge in [0.1, 0.15) is 11.6 Å². The number of halogens is 2. The second-order valence-electron chi connectivity index (χ2n) is 4.01. The lowest BCUT2D eigenvalue weighted by Crippen LogP contribution is -2.14. The van der Waals surface area contributed by atoms with Gasteiger partial charge >= 0.3 is 0 Å². The summed E-state index contributed by atoms with van der Waals surface area (Å²) in [5.74, 6) is -0.832. The van der Waals surface area contributed by atoms with E-state index in [0.717, 1.165) is 0 Å². The quantitative estimate of drug-likeness (QED) is 0.854. The Balaban J connectivity index is 2.26. The van der Waals surface area contributed by atoms with Crippen LogP contribution in [0.2, 0.25) is 5.02 Å². The van der Waals surface area contributed by atoms with Crippen molar-refractivity contribution in [1.82, 2.24) is 0 Å². The molecule has 0 spiro atoms. The van der Waals surface area contributed by atoms with Crippen LogP contribution in [-0.2, 0) is 0 Å². The number of nitrogens with one attached hydrogen (secondary N) is 1. The molecule has 2 aromatic carbocycles. The standard InChI is InChI=1S/C14H12ClFN2O2/c1-20-12-6-5-8(7-11(12)17)18-14(19)13-9(15)3-2-4-10(13)16/h2-7H,17H2,1H3,(H,18,19). The van der Waals surface area contributed by atoms with Crippen LogP contribution in [0.4, 0.5) is 15.8 Å². The molecule has 0 heterocycles. The molecule has 0 saturated carbocycles. The van der Waals surface area contributed by atoms with Crippen LogP contribution < -0.4 is 15.8 Å². The second-order valence-corrected chi connectivity index (χ2v) is 4.41. The molecule has 6 heteroatoms. The molecule has 0 aliphatic rings. The zero-order valence-corrected chi connectivity index (χ0v) is 11.4.